The average molecular weight is 347 g/mol. The van der Waals surface area contributed by atoms with Crippen LogP contribution in [0.2, 0.25) is 0 Å². The number of hydrogen-bond donors (Lipinski definition) is 2. The predicted molar refractivity (Wildman–Crippen MR) is 88.9 cm³/mol. The maximum atomic E-state index is 12.0. The van der Waals surface area contributed by atoms with E-state index in [9.17, 15) is 18.0 Å². The molecule has 1 atom stereocenters. The fourth-order valence-corrected chi connectivity index (χ4v) is 3.84. The first-order chi connectivity index (χ1) is 10.8. The van der Waals surface area contributed by atoms with Gasteiger partial charge in [-0.1, -0.05) is 32.1 Å². The van der Waals surface area contributed by atoms with Gasteiger partial charge in [0.1, 0.15) is 9.84 Å². The largest absolute Gasteiger partial charge is 0.481 e. The number of carbonyl (C=O) groups excluding carboxylic acids is 1. The smallest absolute Gasteiger partial charge is 0.303 e. The summed E-state index contributed by atoms with van der Waals surface area (Å²) in [5.41, 5.74) is 0. The highest BCUT2D eigenvalue weighted by Crippen LogP contribution is 2.28. The molecule has 0 aliphatic heterocycles. The van der Waals surface area contributed by atoms with E-state index in [1.165, 1.54) is 19.3 Å². The van der Waals surface area contributed by atoms with Gasteiger partial charge < -0.3 is 10.4 Å². The lowest BCUT2D eigenvalue weighted by molar-refractivity contribution is -0.137. The first kappa shape index (κ1) is 19.9. The molecule has 1 fully saturated rings. The van der Waals surface area contributed by atoms with Gasteiger partial charge in [0.25, 0.3) is 0 Å². The van der Waals surface area contributed by atoms with Gasteiger partial charge in [0.2, 0.25) is 5.91 Å². The van der Waals surface area contributed by atoms with Gasteiger partial charge in [0.15, 0.2) is 0 Å². The minimum Gasteiger partial charge on any atom is -0.481 e. The summed E-state index contributed by atoms with van der Waals surface area (Å²) < 4.78 is 22.2. The highest BCUT2D eigenvalue weighted by molar-refractivity contribution is 7.90. The van der Waals surface area contributed by atoms with E-state index < -0.39 is 15.8 Å². The summed E-state index contributed by atoms with van der Waals surface area (Å²) in [6, 6.07) is -0.125. The Labute approximate surface area is 139 Å². The van der Waals surface area contributed by atoms with Gasteiger partial charge in [0, 0.05) is 25.1 Å². The molecule has 0 heterocycles. The summed E-state index contributed by atoms with van der Waals surface area (Å²) >= 11 is 0. The Morgan fingerprint density at radius 2 is 1.83 bits per heavy atom. The molecule has 0 aromatic carbocycles. The summed E-state index contributed by atoms with van der Waals surface area (Å²) in [5, 5.41) is 11.8. The number of hydrogen-bond acceptors (Lipinski definition) is 4. The van der Waals surface area contributed by atoms with Crippen molar-refractivity contribution in [2.75, 3.05) is 12.0 Å². The summed E-state index contributed by atoms with van der Waals surface area (Å²) in [7, 11) is -3.05. The van der Waals surface area contributed by atoms with Crippen molar-refractivity contribution in [3.8, 4) is 0 Å². The minimum absolute atomic E-state index is 0.00282. The molecule has 6 nitrogen and oxygen atoms in total. The standard InChI is InChI=1S/C16H29NO5S/c1-23(21,22)11-5-8-15(18)17-14(9-10-16(19)20)12-13-6-3-2-4-7-13/h13-14H,2-12H2,1H3,(H,17,18)(H,19,20). The van der Waals surface area contributed by atoms with E-state index in [1.54, 1.807) is 0 Å². The Bertz CT molecular complexity index is 483. The molecule has 1 saturated carbocycles. The molecule has 1 aliphatic rings. The summed E-state index contributed by atoms with van der Waals surface area (Å²) in [6.45, 7) is 0. The van der Waals surface area contributed by atoms with Crippen LogP contribution in [0.3, 0.4) is 0 Å². The Hall–Kier alpha value is -1.11. The van der Waals surface area contributed by atoms with Crippen LogP contribution >= 0.6 is 0 Å². The molecule has 1 rings (SSSR count). The van der Waals surface area contributed by atoms with Gasteiger partial charge in [-0.05, 0) is 25.2 Å². The number of nitrogens with one attached hydrogen (secondary N) is 1. The van der Waals surface area contributed by atoms with Gasteiger partial charge >= 0.3 is 5.97 Å². The number of carboxylic acids is 1. The lowest BCUT2D eigenvalue weighted by Crippen LogP contribution is -2.37. The Balaban J connectivity index is 2.43. The van der Waals surface area contributed by atoms with Crippen LogP contribution in [0.1, 0.15) is 64.2 Å². The molecule has 1 aliphatic carbocycles. The predicted octanol–water partition coefficient (Wildman–Crippen LogP) is 2.13. The topological polar surface area (TPSA) is 101 Å². The van der Waals surface area contributed by atoms with Crippen molar-refractivity contribution in [3.63, 3.8) is 0 Å². The number of carboxylic acid groups (broad SMARTS) is 1. The van der Waals surface area contributed by atoms with Crippen molar-refractivity contribution in [2.24, 2.45) is 5.92 Å². The zero-order valence-electron chi connectivity index (χ0n) is 13.9. The lowest BCUT2D eigenvalue weighted by Gasteiger charge is -2.27. The fourth-order valence-electron chi connectivity index (χ4n) is 3.17. The maximum Gasteiger partial charge on any atom is 0.303 e. The van der Waals surface area contributed by atoms with Crippen molar-refractivity contribution < 1.29 is 23.1 Å². The van der Waals surface area contributed by atoms with Crippen molar-refractivity contribution in [1.29, 1.82) is 0 Å². The van der Waals surface area contributed by atoms with E-state index >= 15 is 0 Å². The van der Waals surface area contributed by atoms with Gasteiger partial charge in [-0.25, -0.2) is 8.42 Å². The van der Waals surface area contributed by atoms with E-state index in [0.717, 1.165) is 25.5 Å². The number of aliphatic carboxylic acids is 1. The number of amides is 1. The molecule has 2 N–H and O–H groups in total. The highest BCUT2D eigenvalue weighted by atomic mass is 32.2. The van der Waals surface area contributed by atoms with Crippen molar-refractivity contribution in [2.45, 2.75) is 70.3 Å². The lowest BCUT2D eigenvalue weighted by atomic mass is 9.84. The van der Waals surface area contributed by atoms with E-state index in [-0.39, 0.29) is 30.5 Å². The third-order valence-electron chi connectivity index (χ3n) is 4.33. The van der Waals surface area contributed by atoms with E-state index in [1.807, 2.05) is 0 Å². The molecule has 0 bridgehead atoms. The Kier molecular flexibility index (Phi) is 8.58. The molecule has 0 radical (unpaired) electrons. The van der Waals surface area contributed by atoms with Crippen LogP contribution in [0.15, 0.2) is 0 Å². The number of sulfone groups is 1. The molecule has 1 unspecified atom stereocenters. The summed E-state index contributed by atoms with van der Waals surface area (Å²) in [4.78, 5) is 22.8. The van der Waals surface area contributed by atoms with Gasteiger partial charge in [0.05, 0.1) is 5.75 Å². The van der Waals surface area contributed by atoms with Crippen LogP contribution in [0.4, 0.5) is 0 Å². The minimum atomic E-state index is -3.05. The van der Waals surface area contributed by atoms with Crippen LogP contribution in [-0.2, 0) is 19.4 Å². The molecule has 0 spiro atoms. The van der Waals surface area contributed by atoms with Gasteiger partial charge in [-0.2, -0.15) is 0 Å². The molecular weight excluding hydrogens is 318 g/mol. The van der Waals surface area contributed by atoms with Crippen LogP contribution in [0.5, 0.6) is 0 Å². The zero-order chi connectivity index (χ0) is 17.3. The summed E-state index contributed by atoms with van der Waals surface area (Å²) in [6.07, 6.45) is 8.90. The number of carbonyl (C=O) groups is 2. The molecule has 23 heavy (non-hydrogen) atoms. The molecule has 1 amide bonds. The maximum absolute atomic E-state index is 12.0. The molecular formula is C16H29NO5S. The van der Waals surface area contributed by atoms with Crippen molar-refractivity contribution in [1.82, 2.24) is 5.32 Å². The first-order valence-corrected chi connectivity index (χ1v) is 10.5. The van der Waals surface area contributed by atoms with Crippen molar-refractivity contribution >= 4 is 21.7 Å². The van der Waals surface area contributed by atoms with Crippen LogP contribution in [0.25, 0.3) is 0 Å². The highest BCUT2D eigenvalue weighted by Gasteiger charge is 2.21. The Morgan fingerprint density at radius 1 is 1.17 bits per heavy atom. The van der Waals surface area contributed by atoms with E-state index in [2.05, 4.69) is 5.32 Å². The first-order valence-electron chi connectivity index (χ1n) is 8.45. The zero-order valence-corrected chi connectivity index (χ0v) is 14.7. The van der Waals surface area contributed by atoms with E-state index in [4.69, 9.17) is 5.11 Å². The van der Waals surface area contributed by atoms with Crippen LogP contribution in [0, 0.1) is 5.92 Å². The third-order valence-corrected chi connectivity index (χ3v) is 5.36. The molecule has 0 aromatic rings. The normalized spacial score (nSPS) is 17.6. The van der Waals surface area contributed by atoms with Crippen LogP contribution < -0.4 is 5.32 Å². The SMILES string of the molecule is CS(=O)(=O)CCCC(=O)NC(CCC(=O)O)CC1CCCCC1. The molecule has 7 heteroatoms. The molecule has 0 aromatic heterocycles. The molecule has 0 saturated heterocycles. The second kappa shape index (κ2) is 9.90. The van der Waals surface area contributed by atoms with Gasteiger partial charge in [-0.15, -0.1) is 0 Å². The van der Waals surface area contributed by atoms with Crippen LogP contribution in [-0.4, -0.2) is 43.5 Å². The third kappa shape index (κ3) is 10.3. The van der Waals surface area contributed by atoms with E-state index in [0.29, 0.717) is 18.8 Å². The molecule has 134 valence electrons. The summed E-state index contributed by atoms with van der Waals surface area (Å²) in [5.74, 6) is -0.480. The number of rotatable bonds is 10. The van der Waals surface area contributed by atoms with Gasteiger partial charge in [-0.3, -0.25) is 9.59 Å². The second-order valence-corrected chi connectivity index (χ2v) is 8.93. The second-order valence-electron chi connectivity index (χ2n) is 6.67. The quantitative estimate of drug-likeness (QED) is 0.630. The average Bonchev–Trinajstić information content (AvgIpc) is 2.44. The fraction of sp³-hybridized carbons (Fsp3) is 0.875. The van der Waals surface area contributed by atoms with Crippen molar-refractivity contribution in [3.05, 3.63) is 0 Å². The monoisotopic (exact) mass is 347 g/mol. The Morgan fingerprint density at radius 3 is 2.39 bits per heavy atom.